The van der Waals surface area contributed by atoms with Gasteiger partial charge in [0.15, 0.2) is 0 Å². The fourth-order valence-electron chi connectivity index (χ4n) is 2.02. The van der Waals surface area contributed by atoms with Crippen molar-refractivity contribution in [1.82, 2.24) is 9.55 Å². The molecule has 1 heterocycles. The molecule has 0 aliphatic carbocycles. The molecule has 0 radical (unpaired) electrons. The van der Waals surface area contributed by atoms with Crippen molar-refractivity contribution in [3.8, 4) is 0 Å². The topological polar surface area (TPSA) is 58.1 Å². The minimum Gasteiger partial charge on any atom is -0.357 e. The highest BCUT2D eigenvalue weighted by atomic mass is 19.4. The summed E-state index contributed by atoms with van der Waals surface area (Å²) in [5, 5.41) is 0. The van der Waals surface area contributed by atoms with Gasteiger partial charge in [-0.25, -0.2) is 4.79 Å². The number of H-pyrrole nitrogens is 1. The molecule has 118 valence electrons. The molecule has 0 bridgehead atoms. The minimum absolute atomic E-state index is 0.0547. The van der Waals surface area contributed by atoms with Gasteiger partial charge in [0.25, 0.3) is 5.56 Å². The highest BCUT2D eigenvalue weighted by Crippen LogP contribution is 2.32. The van der Waals surface area contributed by atoms with Gasteiger partial charge in [0.1, 0.15) is 5.82 Å². The van der Waals surface area contributed by atoms with Gasteiger partial charge < -0.3 is 4.90 Å². The van der Waals surface area contributed by atoms with Crippen LogP contribution >= 0.6 is 0 Å². The second-order valence-corrected chi connectivity index (χ2v) is 4.87. The quantitative estimate of drug-likeness (QED) is 0.939. The third kappa shape index (κ3) is 3.21. The molecule has 0 amide bonds. The fraction of sp³-hybridized carbons (Fsp3) is 0.286. The van der Waals surface area contributed by atoms with Gasteiger partial charge in [-0.15, -0.1) is 0 Å². The molecule has 1 N–H and O–H groups in total. The highest BCUT2D eigenvalue weighted by molar-refractivity contribution is 5.39. The number of anilines is 1. The zero-order chi connectivity index (χ0) is 16.5. The number of nitrogens with zero attached hydrogens (tertiary/aromatic N) is 2. The van der Waals surface area contributed by atoms with Crippen molar-refractivity contribution < 1.29 is 13.2 Å². The lowest BCUT2D eigenvalue weighted by Crippen LogP contribution is -2.34. The second-order valence-electron chi connectivity index (χ2n) is 4.87. The van der Waals surface area contributed by atoms with E-state index in [9.17, 15) is 22.8 Å². The van der Waals surface area contributed by atoms with Crippen LogP contribution in [0.4, 0.5) is 19.0 Å². The van der Waals surface area contributed by atoms with Gasteiger partial charge in [0.05, 0.1) is 5.56 Å². The van der Waals surface area contributed by atoms with E-state index in [4.69, 9.17) is 0 Å². The number of aromatic nitrogens is 2. The molecule has 8 heteroatoms. The molecule has 0 fully saturated rings. The van der Waals surface area contributed by atoms with E-state index in [1.807, 2.05) is 0 Å². The number of hydrogen-bond donors (Lipinski definition) is 1. The summed E-state index contributed by atoms with van der Waals surface area (Å²) >= 11 is 0. The first-order valence-electron chi connectivity index (χ1n) is 6.36. The zero-order valence-corrected chi connectivity index (χ0v) is 11.9. The van der Waals surface area contributed by atoms with E-state index in [0.717, 1.165) is 16.7 Å². The minimum atomic E-state index is -4.46. The summed E-state index contributed by atoms with van der Waals surface area (Å²) in [5.74, 6) is 0.157. The van der Waals surface area contributed by atoms with Crippen molar-refractivity contribution >= 4 is 5.82 Å². The normalized spacial score (nSPS) is 11.5. The lowest BCUT2D eigenvalue weighted by atomic mass is 10.1. The predicted octanol–water partition coefficient (Wildman–Crippen LogP) is 1.73. The molecular formula is C14H14F3N3O2. The van der Waals surface area contributed by atoms with Gasteiger partial charge in [-0.2, -0.15) is 13.2 Å². The van der Waals surface area contributed by atoms with Crippen molar-refractivity contribution in [2.75, 3.05) is 11.9 Å². The monoisotopic (exact) mass is 313 g/mol. The first kappa shape index (κ1) is 15.9. The van der Waals surface area contributed by atoms with Crippen molar-refractivity contribution in [2.45, 2.75) is 12.7 Å². The summed E-state index contributed by atoms with van der Waals surface area (Å²) < 4.78 is 39.7. The highest BCUT2D eigenvalue weighted by Gasteiger charge is 2.33. The third-order valence-corrected chi connectivity index (χ3v) is 3.27. The molecule has 1 aromatic heterocycles. The molecule has 1 aromatic carbocycles. The Balaban J connectivity index is 2.36. The fourth-order valence-corrected chi connectivity index (χ4v) is 2.02. The molecule has 0 saturated carbocycles. The van der Waals surface area contributed by atoms with Gasteiger partial charge in [-0.05, 0) is 11.6 Å². The molecule has 22 heavy (non-hydrogen) atoms. The van der Waals surface area contributed by atoms with E-state index in [1.165, 1.54) is 37.2 Å². The van der Waals surface area contributed by atoms with Crippen molar-refractivity contribution in [3.63, 3.8) is 0 Å². The van der Waals surface area contributed by atoms with E-state index in [-0.39, 0.29) is 17.9 Å². The van der Waals surface area contributed by atoms with Crippen molar-refractivity contribution in [1.29, 1.82) is 0 Å². The van der Waals surface area contributed by atoms with Crippen LogP contribution in [0.1, 0.15) is 11.1 Å². The first-order chi connectivity index (χ1) is 10.2. The molecule has 2 aromatic rings. The van der Waals surface area contributed by atoms with Crippen molar-refractivity contribution in [2.24, 2.45) is 7.05 Å². The average Bonchev–Trinajstić information content (AvgIpc) is 2.43. The lowest BCUT2D eigenvalue weighted by molar-refractivity contribution is -0.138. The van der Waals surface area contributed by atoms with E-state index in [1.54, 1.807) is 0 Å². The lowest BCUT2D eigenvalue weighted by Gasteiger charge is -2.21. The summed E-state index contributed by atoms with van der Waals surface area (Å²) in [5.41, 5.74) is -1.85. The standard InChI is InChI=1S/C14H14F3N3O2/c1-19(11-7-12(21)20(2)13(22)18-11)8-9-5-3-4-6-10(9)14(15,16)17/h3-7H,8H2,1-2H3,(H,18,22). The first-order valence-corrected chi connectivity index (χ1v) is 6.36. The van der Waals surface area contributed by atoms with Crippen LogP contribution in [0.5, 0.6) is 0 Å². The summed E-state index contributed by atoms with van der Waals surface area (Å²) in [4.78, 5) is 27.0. The van der Waals surface area contributed by atoms with E-state index in [0.29, 0.717) is 0 Å². The van der Waals surface area contributed by atoms with Gasteiger partial charge >= 0.3 is 11.9 Å². The van der Waals surface area contributed by atoms with Crippen molar-refractivity contribution in [3.05, 3.63) is 62.3 Å². The van der Waals surface area contributed by atoms with Crippen LogP contribution in [0, 0.1) is 0 Å². The largest absolute Gasteiger partial charge is 0.416 e. The molecule has 0 unspecified atom stereocenters. The van der Waals surface area contributed by atoms with Gasteiger partial charge in [-0.3, -0.25) is 14.3 Å². The number of benzene rings is 1. The van der Waals surface area contributed by atoms with Crippen LogP contribution < -0.4 is 16.1 Å². The Morgan fingerprint density at radius 2 is 1.86 bits per heavy atom. The van der Waals surface area contributed by atoms with E-state index in [2.05, 4.69) is 4.98 Å². The molecule has 0 aliphatic heterocycles. The average molecular weight is 313 g/mol. The Morgan fingerprint density at radius 3 is 2.45 bits per heavy atom. The second kappa shape index (κ2) is 5.70. The maximum atomic E-state index is 13.0. The number of aromatic amines is 1. The Bertz CT molecular complexity index is 762. The summed E-state index contributed by atoms with van der Waals surface area (Å²) in [6.45, 7) is -0.0984. The predicted molar refractivity (Wildman–Crippen MR) is 75.9 cm³/mol. The van der Waals surface area contributed by atoms with Crippen LogP contribution in [0.25, 0.3) is 0 Å². The van der Waals surface area contributed by atoms with Crippen LogP contribution in [-0.4, -0.2) is 16.6 Å². The van der Waals surface area contributed by atoms with Gasteiger partial charge in [-0.1, -0.05) is 18.2 Å². The number of nitrogens with one attached hydrogen (secondary N) is 1. The number of alkyl halides is 3. The molecule has 0 saturated heterocycles. The number of rotatable bonds is 3. The Kier molecular flexibility index (Phi) is 4.11. The molecule has 0 aliphatic rings. The number of hydrogen-bond acceptors (Lipinski definition) is 3. The molecule has 0 spiro atoms. The van der Waals surface area contributed by atoms with Crippen LogP contribution in [0.3, 0.4) is 0 Å². The van der Waals surface area contributed by atoms with Gasteiger partial charge in [0, 0.05) is 26.7 Å². The van der Waals surface area contributed by atoms with E-state index < -0.39 is 23.0 Å². The van der Waals surface area contributed by atoms with Gasteiger partial charge in [0.2, 0.25) is 0 Å². The molecular weight excluding hydrogens is 299 g/mol. The smallest absolute Gasteiger partial charge is 0.357 e. The Hall–Kier alpha value is -2.51. The van der Waals surface area contributed by atoms with Crippen LogP contribution in [-0.2, 0) is 19.8 Å². The maximum Gasteiger partial charge on any atom is 0.416 e. The van der Waals surface area contributed by atoms with Crippen LogP contribution in [0.2, 0.25) is 0 Å². The van der Waals surface area contributed by atoms with Crippen LogP contribution in [0.15, 0.2) is 39.9 Å². The number of halogens is 3. The molecule has 5 nitrogen and oxygen atoms in total. The maximum absolute atomic E-state index is 13.0. The van der Waals surface area contributed by atoms with E-state index >= 15 is 0 Å². The molecule has 2 rings (SSSR count). The summed E-state index contributed by atoms with van der Waals surface area (Å²) in [7, 11) is 2.81. The zero-order valence-electron chi connectivity index (χ0n) is 11.9. The Labute approximate surface area is 123 Å². The summed E-state index contributed by atoms with van der Waals surface area (Å²) in [6.07, 6.45) is -4.46. The summed E-state index contributed by atoms with van der Waals surface area (Å²) in [6, 6.07) is 6.34. The third-order valence-electron chi connectivity index (χ3n) is 3.27. The Morgan fingerprint density at radius 1 is 1.23 bits per heavy atom. The SMILES string of the molecule is CN(Cc1ccccc1C(F)(F)F)c1cc(=O)n(C)c(=O)[nH]1. The molecule has 0 atom stereocenters.